The van der Waals surface area contributed by atoms with Crippen LogP contribution in [0.1, 0.15) is 29.2 Å². The molecule has 1 aromatic heterocycles. The highest BCUT2D eigenvalue weighted by atomic mass is 32.2. The summed E-state index contributed by atoms with van der Waals surface area (Å²) in [5.74, 6) is 0. The van der Waals surface area contributed by atoms with Crippen molar-refractivity contribution in [3.8, 4) is 0 Å². The number of allylic oxidation sites excluding steroid dienone is 5. The van der Waals surface area contributed by atoms with Gasteiger partial charge in [-0.2, -0.15) is 0 Å². The van der Waals surface area contributed by atoms with Gasteiger partial charge in [0.15, 0.2) is 0 Å². The number of aryl methyl sites for hydroxylation is 2. The summed E-state index contributed by atoms with van der Waals surface area (Å²) in [5, 5.41) is 0. The third kappa shape index (κ3) is 3.55. The minimum Gasteiger partial charge on any atom is -0.0996 e. The molecule has 0 aliphatic carbocycles. The first kappa shape index (κ1) is 12.6. The fourth-order valence-electron chi connectivity index (χ4n) is 2.01. The Kier molecular flexibility index (Phi) is 3.85. The van der Waals surface area contributed by atoms with Crippen molar-refractivity contribution in [1.29, 1.82) is 0 Å². The van der Waals surface area contributed by atoms with E-state index >= 15 is 0 Å². The first-order valence-electron chi connectivity index (χ1n) is 5.70. The third-order valence-electron chi connectivity index (χ3n) is 2.46. The molecule has 0 radical (unpaired) electrons. The molecule has 0 saturated heterocycles. The van der Waals surface area contributed by atoms with Gasteiger partial charge in [0.05, 0.1) is 0 Å². The van der Waals surface area contributed by atoms with Crippen molar-refractivity contribution >= 4 is 29.2 Å². The molecule has 0 spiro atoms. The van der Waals surface area contributed by atoms with Gasteiger partial charge in [-0.25, -0.2) is 0 Å². The normalized spacial score (nSPS) is 15.4. The van der Waals surface area contributed by atoms with Crippen LogP contribution >= 0.6 is 23.1 Å². The Hall–Kier alpha value is -0.860. The van der Waals surface area contributed by atoms with Gasteiger partial charge < -0.3 is 0 Å². The predicted octanol–water partition coefficient (Wildman–Crippen LogP) is 5.58. The third-order valence-corrected chi connectivity index (χ3v) is 4.22. The van der Waals surface area contributed by atoms with Gasteiger partial charge in [-0.3, -0.25) is 0 Å². The molecule has 17 heavy (non-hydrogen) atoms. The van der Waals surface area contributed by atoms with Crippen molar-refractivity contribution in [2.75, 3.05) is 0 Å². The van der Waals surface area contributed by atoms with Crippen molar-refractivity contribution in [2.45, 2.75) is 27.7 Å². The Bertz CT molecular complexity index is 494. The van der Waals surface area contributed by atoms with Crippen molar-refractivity contribution in [3.05, 3.63) is 55.0 Å². The van der Waals surface area contributed by atoms with E-state index in [-0.39, 0.29) is 0 Å². The standard InChI is InChI=1S/C15H17S2/c1-10-5-14(6-11(2)16-10)9-15-7-12(3)17-13(4)8-15/h5-9H,1-4H3/q+1. The molecule has 0 aromatic carbocycles. The van der Waals surface area contributed by atoms with Crippen molar-refractivity contribution in [2.24, 2.45) is 0 Å². The lowest BCUT2D eigenvalue weighted by molar-refractivity contribution is 1.50. The molecular weight excluding hydrogens is 244 g/mol. The highest BCUT2D eigenvalue weighted by Gasteiger charge is 2.07. The number of hydrogen-bond donors (Lipinski definition) is 0. The van der Waals surface area contributed by atoms with Crippen LogP contribution in [-0.2, 0) is 0 Å². The summed E-state index contributed by atoms with van der Waals surface area (Å²) in [6, 6.07) is 4.50. The van der Waals surface area contributed by atoms with Gasteiger partial charge in [0, 0.05) is 26.0 Å². The largest absolute Gasteiger partial charge is 0.217 e. The van der Waals surface area contributed by atoms with Crippen molar-refractivity contribution < 1.29 is 0 Å². The molecule has 0 bridgehead atoms. The summed E-state index contributed by atoms with van der Waals surface area (Å²) in [6.45, 7) is 8.66. The highest BCUT2D eigenvalue weighted by Crippen LogP contribution is 2.32. The summed E-state index contributed by atoms with van der Waals surface area (Å²) in [5.41, 5.74) is 2.60. The lowest BCUT2D eigenvalue weighted by Crippen LogP contribution is -1.85. The second kappa shape index (κ2) is 5.19. The lowest BCUT2D eigenvalue weighted by Gasteiger charge is -2.09. The summed E-state index contributed by atoms with van der Waals surface area (Å²) in [7, 11) is 0. The van der Waals surface area contributed by atoms with E-state index in [4.69, 9.17) is 0 Å². The Morgan fingerprint density at radius 2 is 1.47 bits per heavy atom. The van der Waals surface area contributed by atoms with E-state index in [0.29, 0.717) is 0 Å². The van der Waals surface area contributed by atoms with Gasteiger partial charge in [-0.05, 0) is 53.0 Å². The Balaban J connectivity index is 2.38. The highest BCUT2D eigenvalue weighted by molar-refractivity contribution is 8.06. The van der Waals surface area contributed by atoms with Crippen LogP contribution in [0.5, 0.6) is 0 Å². The van der Waals surface area contributed by atoms with Crippen LogP contribution in [0.25, 0.3) is 6.08 Å². The zero-order chi connectivity index (χ0) is 12.4. The fraction of sp³-hybridized carbons (Fsp3) is 0.267. The first-order valence-corrected chi connectivity index (χ1v) is 7.34. The average Bonchev–Trinajstić information content (AvgIpc) is 2.13. The Morgan fingerprint density at radius 3 is 2.00 bits per heavy atom. The maximum atomic E-state index is 2.26. The molecule has 0 N–H and O–H groups in total. The zero-order valence-electron chi connectivity index (χ0n) is 10.7. The lowest BCUT2D eigenvalue weighted by atomic mass is 10.1. The summed E-state index contributed by atoms with van der Waals surface area (Å²) in [4.78, 5) is 5.46. The van der Waals surface area contributed by atoms with Crippen LogP contribution < -0.4 is 0 Å². The van der Waals surface area contributed by atoms with Gasteiger partial charge in [0.1, 0.15) is 0 Å². The van der Waals surface area contributed by atoms with Crippen LogP contribution in [0, 0.1) is 13.8 Å². The Morgan fingerprint density at radius 1 is 0.941 bits per heavy atom. The van der Waals surface area contributed by atoms with Gasteiger partial charge in [0.2, 0.25) is 21.1 Å². The number of thioether (sulfide) groups is 1. The molecule has 1 aliphatic rings. The molecule has 1 aromatic rings. The van der Waals surface area contributed by atoms with E-state index in [1.807, 2.05) is 23.1 Å². The van der Waals surface area contributed by atoms with Crippen LogP contribution in [0.3, 0.4) is 0 Å². The average molecular weight is 261 g/mol. The molecule has 0 saturated carbocycles. The quantitative estimate of drug-likeness (QED) is 0.594. The molecule has 0 fully saturated rings. The molecule has 2 heteroatoms. The van der Waals surface area contributed by atoms with Gasteiger partial charge >= 0.3 is 0 Å². The predicted molar refractivity (Wildman–Crippen MR) is 81.3 cm³/mol. The molecule has 0 atom stereocenters. The van der Waals surface area contributed by atoms with Crippen LogP contribution in [0.2, 0.25) is 0 Å². The molecule has 2 rings (SSSR count). The molecule has 88 valence electrons. The van der Waals surface area contributed by atoms with Crippen molar-refractivity contribution in [1.82, 2.24) is 0 Å². The Labute approximate surface area is 112 Å². The molecule has 1 aliphatic heterocycles. The van der Waals surface area contributed by atoms with E-state index < -0.39 is 0 Å². The smallest absolute Gasteiger partial charge is 0.0996 e. The number of hydrogen-bond acceptors (Lipinski definition) is 1. The topological polar surface area (TPSA) is 0 Å². The minimum absolute atomic E-state index is 1.30. The molecular formula is C15H17S2+. The minimum atomic E-state index is 1.30. The summed E-state index contributed by atoms with van der Waals surface area (Å²) >= 11 is 3.69. The maximum Gasteiger partial charge on any atom is 0.217 e. The van der Waals surface area contributed by atoms with E-state index in [0.717, 1.165) is 0 Å². The van der Waals surface area contributed by atoms with Gasteiger partial charge in [0.25, 0.3) is 0 Å². The van der Waals surface area contributed by atoms with E-state index in [1.165, 1.54) is 30.7 Å². The van der Waals surface area contributed by atoms with Crippen molar-refractivity contribution in [3.63, 3.8) is 0 Å². The summed E-state index contributed by atoms with van der Waals surface area (Å²) in [6.07, 6.45) is 6.76. The van der Waals surface area contributed by atoms with E-state index in [1.54, 1.807) is 0 Å². The molecule has 0 amide bonds. The second-order valence-corrected chi connectivity index (χ2v) is 7.35. The maximum absolute atomic E-state index is 2.26. The second-order valence-electron chi connectivity index (χ2n) is 4.37. The van der Waals surface area contributed by atoms with Crippen LogP contribution in [0.4, 0.5) is 0 Å². The first-order chi connectivity index (χ1) is 8.02. The SMILES string of the molecule is CC1=CC(=Cc2cc(C)[s+]c(C)c2)C=C(C)S1. The van der Waals surface area contributed by atoms with Gasteiger partial charge in [-0.15, -0.1) is 0 Å². The fourth-order valence-corrected chi connectivity index (χ4v) is 3.80. The molecule has 0 nitrogen and oxygen atoms in total. The molecule has 0 unspecified atom stereocenters. The number of rotatable bonds is 1. The molecule has 2 heterocycles. The van der Waals surface area contributed by atoms with E-state index in [9.17, 15) is 0 Å². The van der Waals surface area contributed by atoms with Gasteiger partial charge in [-0.1, -0.05) is 11.8 Å². The zero-order valence-corrected chi connectivity index (χ0v) is 12.3. The van der Waals surface area contributed by atoms with Crippen LogP contribution in [-0.4, -0.2) is 0 Å². The monoisotopic (exact) mass is 261 g/mol. The van der Waals surface area contributed by atoms with Crippen LogP contribution in [0.15, 0.2) is 39.7 Å². The van der Waals surface area contributed by atoms with E-state index in [2.05, 4.69) is 58.1 Å². The summed E-state index contributed by atoms with van der Waals surface area (Å²) < 4.78 is 0.